The number of benzene rings is 9. The Labute approximate surface area is 359 Å². The Kier molecular flexibility index (Phi) is 8.46. The number of rotatable bonds is 7. The van der Waals surface area contributed by atoms with E-state index in [1.54, 1.807) is 0 Å². The SMILES string of the molecule is c1ccc(-c2ccc3c(c2)c2cc(-c4cccc(-c5cccc(-c6nc(-c7ccccc7)c7c8ccccc8n(-c8ccccc8)c7n6)c5)c4)ccc2n3-c2ccccc2)cc1. The first-order chi connectivity index (χ1) is 30.7. The highest BCUT2D eigenvalue weighted by molar-refractivity contribution is 6.14. The van der Waals surface area contributed by atoms with Gasteiger partial charge in [0.05, 0.1) is 27.6 Å². The zero-order valence-electron chi connectivity index (χ0n) is 33.7. The quantitative estimate of drug-likeness (QED) is 0.161. The molecule has 4 nitrogen and oxygen atoms in total. The average Bonchev–Trinajstić information content (AvgIpc) is 3.87. The molecule has 3 aromatic heterocycles. The monoisotopic (exact) mass is 790 g/mol. The van der Waals surface area contributed by atoms with Gasteiger partial charge < -0.3 is 4.57 Å². The van der Waals surface area contributed by atoms with Crippen molar-refractivity contribution in [3.63, 3.8) is 0 Å². The molecule has 4 heteroatoms. The van der Waals surface area contributed by atoms with E-state index in [1.807, 2.05) is 0 Å². The van der Waals surface area contributed by atoms with Gasteiger partial charge in [0.25, 0.3) is 0 Å². The van der Waals surface area contributed by atoms with Crippen LogP contribution in [0.1, 0.15) is 0 Å². The molecule has 0 aliphatic carbocycles. The maximum absolute atomic E-state index is 5.40. The summed E-state index contributed by atoms with van der Waals surface area (Å²) < 4.78 is 4.65. The Morgan fingerprint density at radius 3 is 1.32 bits per heavy atom. The molecule has 290 valence electrons. The lowest BCUT2D eigenvalue weighted by Crippen LogP contribution is -1.99. The number of fused-ring (bicyclic) bond motifs is 6. The van der Waals surface area contributed by atoms with Crippen LogP contribution in [0.2, 0.25) is 0 Å². The molecule has 0 fully saturated rings. The fourth-order valence-corrected chi connectivity index (χ4v) is 9.21. The third-order valence-corrected chi connectivity index (χ3v) is 12.1. The third-order valence-electron chi connectivity index (χ3n) is 12.1. The van der Waals surface area contributed by atoms with Gasteiger partial charge in [-0.05, 0) is 100 Å². The molecular weight excluding hydrogens is 753 g/mol. The molecule has 0 aliphatic heterocycles. The Morgan fingerprint density at radius 1 is 0.274 bits per heavy atom. The predicted molar refractivity (Wildman–Crippen MR) is 258 cm³/mol. The number of hydrogen-bond acceptors (Lipinski definition) is 2. The second-order valence-electron chi connectivity index (χ2n) is 15.8. The number of hydrogen-bond donors (Lipinski definition) is 0. The molecule has 0 bridgehead atoms. The van der Waals surface area contributed by atoms with E-state index in [0.29, 0.717) is 5.82 Å². The highest BCUT2D eigenvalue weighted by Gasteiger charge is 2.21. The average molecular weight is 791 g/mol. The first-order valence-corrected chi connectivity index (χ1v) is 21.1. The topological polar surface area (TPSA) is 35.6 Å². The zero-order valence-corrected chi connectivity index (χ0v) is 33.7. The van der Waals surface area contributed by atoms with Crippen LogP contribution < -0.4 is 0 Å². The van der Waals surface area contributed by atoms with Gasteiger partial charge in [0.2, 0.25) is 0 Å². The van der Waals surface area contributed by atoms with Crippen molar-refractivity contribution in [3.8, 4) is 67.4 Å². The van der Waals surface area contributed by atoms with Crippen molar-refractivity contribution in [3.05, 3.63) is 231 Å². The summed E-state index contributed by atoms with van der Waals surface area (Å²) in [6.07, 6.45) is 0. The summed E-state index contributed by atoms with van der Waals surface area (Å²) in [5, 5.41) is 4.63. The molecule has 0 radical (unpaired) electrons. The van der Waals surface area contributed by atoms with Crippen LogP contribution in [0.5, 0.6) is 0 Å². The summed E-state index contributed by atoms with van der Waals surface area (Å²) in [6, 6.07) is 82.1. The van der Waals surface area contributed by atoms with E-state index in [2.05, 4.69) is 240 Å². The van der Waals surface area contributed by atoms with E-state index in [-0.39, 0.29) is 0 Å². The first kappa shape index (κ1) is 35.6. The van der Waals surface area contributed by atoms with Crippen LogP contribution in [0.15, 0.2) is 231 Å². The van der Waals surface area contributed by atoms with Gasteiger partial charge in [-0.3, -0.25) is 4.57 Å². The van der Waals surface area contributed by atoms with Crippen molar-refractivity contribution >= 4 is 43.7 Å². The van der Waals surface area contributed by atoms with Gasteiger partial charge in [0, 0.05) is 38.7 Å². The van der Waals surface area contributed by atoms with E-state index >= 15 is 0 Å². The zero-order chi connectivity index (χ0) is 41.0. The molecular formula is C58H38N4. The molecule has 0 saturated heterocycles. The number of nitrogens with zero attached hydrogens (tertiary/aromatic N) is 4. The van der Waals surface area contributed by atoms with Crippen molar-refractivity contribution in [1.29, 1.82) is 0 Å². The van der Waals surface area contributed by atoms with Crippen molar-refractivity contribution in [2.75, 3.05) is 0 Å². The van der Waals surface area contributed by atoms with E-state index < -0.39 is 0 Å². The largest absolute Gasteiger partial charge is 0.309 e. The van der Waals surface area contributed by atoms with Crippen LogP contribution in [-0.2, 0) is 0 Å². The fraction of sp³-hybridized carbons (Fsp3) is 0. The molecule has 0 unspecified atom stereocenters. The summed E-state index contributed by atoms with van der Waals surface area (Å²) in [4.78, 5) is 10.8. The smallest absolute Gasteiger partial charge is 0.162 e. The second kappa shape index (κ2) is 14.7. The minimum Gasteiger partial charge on any atom is -0.309 e. The van der Waals surface area contributed by atoms with Crippen molar-refractivity contribution in [2.24, 2.45) is 0 Å². The lowest BCUT2D eigenvalue weighted by atomic mass is 9.96. The van der Waals surface area contributed by atoms with Gasteiger partial charge >= 0.3 is 0 Å². The minimum absolute atomic E-state index is 0.685. The first-order valence-electron chi connectivity index (χ1n) is 21.1. The van der Waals surface area contributed by atoms with Gasteiger partial charge in [-0.1, -0.05) is 164 Å². The van der Waals surface area contributed by atoms with Crippen LogP contribution in [-0.4, -0.2) is 19.1 Å². The molecule has 9 aromatic carbocycles. The summed E-state index contributed by atoms with van der Waals surface area (Å²) in [5.41, 5.74) is 16.5. The summed E-state index contributed by atoms with van der Waals surface area (Å²) in [6.45, 7) is 0. The third kappa shape index (κ3) is 6.00. The lowest BCUT2D eigenvalue weighted by Gasteiger charge is -2.12. The Morgan fingerprint density at radius 2 is 0.710 bits per heavy atom. The normalized spacial score (nSPS) is 11.5. The predicted octanol–water partition coefficient (Wildman–Crippen LogP) is 15.0. The van der Waals surface area contributed by atoms with Gasteiger partial charge in [0.1, 0.15) is 5.65 Å². The van der Waals surface area contributed by atoms with Gasteiger partial charge in [-0.2, -0.15) is 0 Å². The van der Waals surface area contributed by atoms with Gasteiger partial charge in [-0.25, -0.2) is 9.97 Å². The molecule has 0 aliphatic rings. The molecule has 0 atom stereocenters. The highest BCUT2D eigenvalue weighted by atomic mass is 15.1. The molecule has 3 heterocycles. The maximum Gasteiger partial charge on any atom is 0.162 e. The van der Waals surface area contributed by atoms with E-state index in [4.69, 9.17) is 9.97 Å². The van der Waals surface area contributed by atoms with Gasteiger partial charge in [-0.15, -0.1) is 0 Å². The van der Waals surface area contributed by atoms with Crippen LogP contribution in [0, 0.1) is 0 Å². The maximum atomic E-state index is 5.40. The Bertz CT molecular complexity index is 3610. The van der Waals surface area contributed by atoms with Crippen molar-refractivity contribution in [1.82, 2.24) is 19.1 Å². The lowest BCUT2D eigenvalue weighted by molar-refractivity contribution is 1.11. The highest BCUT2D eigenvalue weighted by Crippen LogP contribution is 2.40. The minimum atomic E-state index is 0.685. The summed E-state index contributed by atoms with van der Waals surface area (Å²) in [5.74, 6) is 0.685. The van der Waals surface area contributed by atoms with Crippen LogP contribution >= 0.6 is 0 Å². The van der Waals surface area contributed by atoms with Crippen LogP contribution in [0.4, 0.5) is 0 Å². The van der Waals surface area contributed by atoms with Crippen molar-refractivity contribution in [2.45, 2.75) is 0 Å². The molecule has 0 spiro atoms. The molecule has 0 N–H and O–H groups in total. The Balaban J connectivity index is 0.990. The number of aromatic nitrogens is 4. The molecule has 0 amide bonds. The van der Waals surface area contributed by atoms with E-state index in [0.717, 1.165) is 66.8 Å². The Hall–Kier alpha value is -8.34. The molecule has 62 heavy (non-hydrogen) atoms. The molecule has 0 saturated carbocycles. The standard InChI is InChI=1S/C58H38N4/c1-5-17-39(18-6-1)44-31-33-53-50(37-44)51-38-45(32-34-54(51)61(53)47-25-9-3-10-26-47)42-22-15-21-41(35-42)43-23-16-24-46(36-43)57-59-56(40-19-7-2-8-20-40)55-49-29-13-14-30-52(49)62(58(55)60-57)48-27-11-4-12-28-48/h1-38H. The van der Waals surface area contributed by atoms with E-state index in [1.165, 1.54) is 38.5 Å². The molecule has 12 aromatic rings. The second-order valence-corrected chi connectivity index (χ2v) is 15.8. The van der Waals surface area contributed by atoms with Crippen LogP contribution in [0.25, 0.3) is 111 Å². The molecule has 12 rings (SSSR count). The van der Waals surface area contributed by atoms with E-state index in [9.17, 15) is 0 Å². The van der Waals surface area contributed by atoms with Crippen LogP contribution in [0.3, 0.4) is 0 Å². The van der Waals surface area contributed by atoms with Crippen molar-refractivity contribution < 1.29 is 0 Å². The fourth-order valence-electron chi connectivity index (χ4n) is 9.21. The van der Waals surface area contributed by atoms with Gasteiger partial charge in [0.15, 0.2) is 5.82 Å². The number of para-hydroxylation sites is 3. The summed E-state index contributed by atoms with van der Waals surface area (Å²) >= 11 is 0. The summed E-state index contributed by atoms with van der Waals surface area (Å²) in [7, 11) is 0.